The number of amides is 2. The third-order valence-electron chi connectivity index (χ3n) is 5.34. The van der Waals surface area contributed by atoms with Gasteiger partial charge in [0.25, 0.3) is 17.5 Å². The van der Waals surface area contributed by atoms with Gasteiger partial charge in [0.1, 0.15) is 5.75 Å². The van der Waals surface area contributed by atoms with E-state index in [2.05, 4.69) is 21.0 Å². The largest absolute Gasteiger partial charge is 0.506 e. The predicted molar refractivity (Wildman–Crippen MR) is 94.2 cm³/mol. The first kappa shape index (κ1) is 16.9. The van der Waals surface area contributed by atoms with Crippen molar-refractivity contribution in [3.05, 3.63) is 44.4 Å². The minimum absolute atomic E-state index is 0.0441. The molecule has 4 atom stereocenters. The van der Waals surface area contributed by atoms with E-state index in [9.17, 15) is 24.8 Å². The van der Waals surface area contributed by atoms with E-state index >= 15 is 0 Å². The van der Waals surface area contributed by atoms with Crippen molar-refractivity contribution in [1.82, 2.24) is 5.01 Å². The highest BCUT2D eigenvalue weighted by Gasteiger charge is 2.56. The summed E-state index contributed by atoms with van der Waals surface area (Å²) in [6.45, 7) is 0. The number of phenolic OH excluding ortho intramolecular Hbond substituents is 1. The van der Waals surface area contributed by atoms with Crippen molar-refractivity contribution in [2.75, 3.05) is 0 Å². The molecule has 1 saturated carbocycles. The Morgan fingerprint density at radius 3 is 2.27 bits per heavy atom. The monoisotopic (exact) mass is 419 g/mol. The van der Waals surface area contributed by atoms with Crippen molar-refractivity contribution in [2.45, 2.75) is 12.8 Å². The normalized spacial score (nSPS) is 29.7. The first-order valence-electron chi connectivity index (χ1n) is 8.15. The second-order valence-electron chi connectivity index (χ2n) is 6.70. The summed E-state index contributed by atoms with van der Waals surface area (Å²) in [5, 5.41) is 25.8. The molecule has 2 fully saturated rings. The van der Waals surface area contributed by atoms with Crippen LogP contribution in [0.1, 0.15) is 18.4 Å². The molecule has 0 radical (unpaired) electrons. The second-order valence-corrected chi connectivity index (χ2v) is 7.55. The van der Waals surface area contributed by atoms with E-state index in [-0.39, 0.29) is 57.0 Å². The van der Waals surface area contributed by atoms with Crippen molar-refractivity contribution in [3.8, 4) is 5.75 Å². The van der Waals surface area contributed by atoms with Gasteiger partial charge in [-0.25, -0.2) is 0 Å². The number of nitro groups is 1. The first-order chi connectivity index (χ1) is 12.4. The molecule has 0 aromatic heterocycles. The minimum atomic E-state index is -0.606. The Balaban J connectivity index is 1.65. The molecule has 8 nitrogen and oxygen atoms in total. The van der Waals surface area contributed by atoms with Gasteiger partial charge in [0.15, 0.2) is 0 Å². The van der Waals surface area contributed by atoms with Crippen LogP contribution in [0.15, 0.2) is 33.9 Å². The molecule has 9 heteroatoms. The van der Waals surface area contributed by atoms with Crippen LogP contribution in [0.5, 0.6) is 5.75 Å². The maximum atomic E-state index is 12.7. The zero-order chi connectivity index (χ0) is 18.6. The fourth-order valence-corrected chi connectivity index (χ4v) is 4.56. The number of allylic oxidation sites excluding steroid dienone is 2. The standard InChI is InChI=1S/C17H14BrN3O5/c18-12-6-11(21(25)26)5-10(15(12)22)7-19-20-16(23)13-8-1-2-9(4-3-8)14(13)17(20)24/h1-2,5-9,13-14,22H,3-4H2/b19-7-/t8-,9-,13-,14+/m0/s1. The summed E-state index contributed by atoms with van der Waals surface area (Å²) in [4.78, 5) is 35.7. The number of nitro benzene ring substituents is 1. The van der Waals surface area contributed by atoms with Gasteiger partial charge in [-0.2, -0.15) is 10.1 Å². The molecule has 5 rings (SSSR count). The molecule has 1 N–H and O–H groups in total. The molecule has 1 aromatic carbocycles. The van der Waals surface area contributed by atoms with Crippen molar-refractivity contribution < 1.29 is 19.6 Å². The lowest BCUT2D eigenvalue weighted by molar-refractivity contribution is -0.385. The number of aromatic hydroxyl groups is 1. The Bertz CT molecular complexity index is 865. The van der Waals surface area contributed by atoms with Crippen molar-refractivity contribution in [2.24, 2.45) is 28.8 Å². The van der Waals surface area contributed by atoms with Gasteiger partial charge in [-0.05, 0) is 40.6 Å². The third-order valence-corrected chi connectivity index (χ3v) is 5.94. The highest BCUT2D eigenvalue weighted by Crippen LogP contribution is 2.49. The zero-order valence-corrected chi connectivity index (χ0v) is 15.0. The number of hydrogen-bond acceptors (Lipinski definition) is 6. The Morgan fingerprint density at radius 2 is 1.77 bits per heavy atom. The van der Waals surface area contributed by atoms with E-state index in [1.807, 2.05) is 12.2 Å². The van der Waals surface area contributed by atoms with Gasteiger partial charge in [-0.15, -0.1) is 0 Å². The maximum absolute atomic E-state index is 12.7. The van der Waals surface area contributed by atoms with Gasteiger partial charge in [-0.3, -0.25) is 19.7 Å². The Kier molecular flexibility index (Phi) is 3.91. The summed E-state index contributed by atoms with van der Waals surface area (Å²) in [5.41, 5.74) is -0.200. The molecule has 0 spiro atoms. The number of imide groups is 1. The molecular formula is C17H14BrN3O5. The lowest BCUT2D eigenvalue weighted by Crippen LogP contribution is -2.38. The third kappa shape index (κ3) is 2.45. The fourth-order valence-electron chi connectivity index (χ4n) is 4.10. The van der Waals surface area contributed by atoms with Gasteiger partial charge in [-0.1, -0.05) is 12.2 Å². The van der Waals surface area contributed by atoms with Crippen molar-refractivity contribution in [1.29, 1.82) is 0 Å². The topological polar surface area (TPSA) is 113 Å². The summed E-state index contributed by atoms with van der Waals surface area (Å²) < 4.78 is 0.128. The smallest absolute Gasteiger partial charge is 0.271 e. The Morgan fingerprint density at radius 1 is 1.19 bits per heavy atom. The number of nitrogens with zero attached hydrogens (tertiary/aromatic N) is 3. The Labute approximate surface area is 156 Å². The minimum Gasteiger partial charge on any atom is -0.506 e. The Hall–Kier alpha value is -2.55. The van der Waals surface area contributed by atoms with Crippen LogP contribution in [0.2, 0.25) is 0 Å². The summed E-state index contributed by atoms with van der Waals surface area (Å²) in [6, 6.07) is 2.30. The first-order valence-corrected chi connectivity index (χ1v) is 8.95. The number of rotatable bonds is 3. The SMILES string of the molecule is O=C1[C@@H]2[C@H](C(=O)N1/N=C\c1cc([N+](=O)[O-])cc(Br)c1O)[C@H]1C=C[C@H]2CC1. The molecule has 1 heterocycles. The lowest BCUT2D eigenvalue weighted by Gasteiger charge is -2.37. The number of hydrogen-bond donors (Lipinski definition) is 1. The average molecular weight is 420 g/mol. The van der Waals surface area contributed by atoms with Crippen LogP contribution in [0, 0.1) is 33.8 Å². The van der Waals surface area contributed by atoms with Gasteiger partial charge >= 0.3 is 0 Å². The molecule has 4 aliphatic rings. The van der Waals surface area contributed by atoms with Crippen LogP contribution >= 0.6 is 15.9 Å². The molecule has 134 valence electrons. The number of carbonyl (C=O) groups is 2. The predicted octanol–water partition coefficient (Wildman–Crippen LogP) is 2.59. The van der Waals surface area contributed by atoms with Gasteiger partial charge in [0, 0.05) is 17.7 Å². The highest BCUT2D eigenvalue weighted by molar-refractivity contribution is 9.10. The number of non-ortho nitro benzene ring substituents is 1. The number of hydrazone groups is 1. The maximum Gasteiger partial charge on any atom is 0.271 e. The molecule has 1 aromatic rings. The van der Waals surface area contributed by atoms with Gasteiger partial charge in [0.2, 0.25) is 0 Å². The lowest BCUT2D eigenvalue weighted by atomic mass is 9.63. The quantitative estimate of drug-likeness (QED) is 0.266. The fraction of sp³-hybridized carbons (Fsp3) is 0.353. The molecule has 3 aliphatic carbocycles. The van der Waals surface area contributed by atoms with Crippen molar-refractivity contribution in [3.63, 3.8) is 0 Å². The molecule has 0 unspecified atom stereocenters. The summed E-state index contributed by atoms with van der Waals surface area (Å²) >= 11 is 3.04. The molecule has 2 bridgehead atoms. The van der Waals surface area contributed by atoms with Crippen LogP contribution in [-0.2, 0) is 9.59 Å². The van der Waals surface area contributed by atoms with Crippen LogP contribution in [0.25, 0.3) is 0 Å². The number of fused-ring (bicyclic) bond motifs is 1. The average Bonchev–Trinajstić information content (AvgIpc) is 2.90. The van der Waals surface area contributed by atoms with E-state index in [1.165, 1.54) is 0 Å². The summed E-state index contributed by atoms with van der Waals surface area (Å²) in [5.74, 6) is -1.59. The number of phenols is 1. The van der Waals surface area contributed by atoms with E-state index < -0.39 is 4.92 Å². The van der Waals surface area contributed by atoms with Crippen molar-refractivity contribution >= 4 is 39.6 Å². The molecule has 1 aliphatic heterocycles. The van der Waals surface area contributed by atoms with Gasteiger partial charge < -0.3 is 5.11 Å². The van der Waals surface area contributed by atoms with Crippen LogP contribution in [0.4, 0.5) is 5.69 Å². The number of benzene rings is 1. The highest BCUT2D eigenvalue weighted by atomic mass is 79.9. The molecule has 1 saturated heterocycles. The second kappa shape index (κ2) is 6.01. The van der Waals surface area contributed by atoms with Gasteiger partial charge in [0.05, 0.1) is 27.4 Å². The van der Waals surface area contributed by atoms with E-state index in [1.54, 1.807) is 0 Å². The van der Waals surface area contributed by atoms with Crippen LogP contribution < -0.4 is 0 Å². The molecule has 2 amide bonds. The number of halogens is 1. The molecule has 26 heavy (non-hydrogen) atoms. The van der Waals surface area contributed by atoms with E-state index in [0.717, 1.165) is 36.2 Å². The van der Waals surface area contributed by atoms with Crippen LogP contribution in [0.3, 0.4) is 0 Å². The van der Waals surface area contributed by atoms with E-state index in [4.69, 9.17) is 0 Å². The zero-order valence-electron chi connectivity index (χ0n) is 13.4. The van der Waals surface area contributed by atoms with Crippen LogP contribution in [-0.4, -0.2) is 33.1 Å². The number of carbonyl (C=O) groups excluding carboxylic acids is 2. The summed E-state index contributed by atoms with van der Waals surface area (Å²) in [7, 11) is 0. The molecular weight excluding hydrogens is 406 g/mol. The van der Waals surface area contributed by atoms with E-state index in [0.29, 0.717) is 0 Å². The summed E-state index contributed by atoms with van der Waals surface area (Å²) in [6.07, 6.45) is 6.90.